The number of ether oxygens (including phenoxy) is 2. The zero-order valence-corrected chi connectivity index (χ0v) is 23.5. The van der Waals surface area contributed by atoms with Crippen molar-refractivity contribution in [2.45, 2.75) is 45.6 Å². The molecule has 0 unspecified atom stereocenters. The summed E-state index contributed by atoms with van der Waals surface area (Å²) < 4.78 is 41.4. The normalized spacial score (nSPS) is 12.2. The molecule has 0 bridgehead atoms. The third-order valence-corrected chi connectivity index (χ3v) is 8.01. The van der Waals surface area contributed by atoms with Crippen LogP contribution in [0.4, 0.5) is 8.78 Å². The SMILES string of the molecule is Cn1cc(Cn2nc(-c3cnc4c(n3)c(C(=O)O)cn4COCC[Si](C)(C)C)c3cc(OC(F)F)ccc32)cn1. The summed E-state index contributed by atoms with van der Waals surface area (Å²) in [4.78, 5) is 21.2. The van der Waals surface area contributed by atoms with Gasteiger partial charge in [0.2, 0.25) is 0 Å². The fourth-order valence-corrected chi connectivity index (χ4v) is 5.09. The third kappa shape index (κ3) is 5.87. The van der Waals surface area contributed by atoms with Crippen LogP contribution in [-0.2, 0) is 25.1 Å². The highest BCUT2D eigenvalue weighted by molar-refractivity contribution is 6.76. The van der Waals surface area contributed by atoms with Gasteiger partial charge in [-0.1, -0.05) is 19.6 Å². The molecule has 0 saturated carbocycles. The van der Waals surface area contributed by atoms with Crippen molar-refractivity contribution in [3.63, 3.8) is 0 Å². The van der Waals surface area contributed by atoms with Gasteiger partial charge in [-0.2, -0.15) is 19.0 Å². The second-order valence-electron chi connectivity index (χ2n) is 10.7. The molecular weight excluding hydrogens is 540 g/mol. The summed E-state index contributed by atoms with van der Waals surface area (Å²) >= 11 is 0. The number of carboxylic acids is 1. The first-order valence-electron chi connectivity index (χ1n) is 12.6. The van der Waals surface area contributed by atoms with Gasteiger partial charge in [0, 0.05) is 45.1 Å². The minimum Gasteiger partial charge on any atom is -0.478 e. The van der Waals surface area contributed by atoms with E-state index in [1.54, 1.807) is 33.2 Å². The Balaban J connectivity index is 1.56. The Morgan fingerprint density at radius 2 is 1.98 bits per heavy atom. The second-order valence-corrected chi connectivity index (χ2v) is 16.3. The summed E-state index contributed by atoms with van der Waals surface area (Å²) in [6.07, 6.45) is 6.50. The van der Waals surface area contributed by atoms with Gasteiger partial charge in [0.25, 0.3) is 0 Å². The number of aromatic carboxylic acids is 1. The lowest BCUT2D eigenvalue weighted by Gasteiger charge is -2.15. The number of carbonyl (C=O) groups is 1. The van der Waals surface area contributed by atoms with E-state index in [0.717, 1.165) is 11.6 Å². The Hall–Kier alpha value is -4.17. The Labute approximate surface area is 229 Å². The molecule has 4 heterocycles. The van der Waals surface area contributed by atoms with Crippen LogP contribution in [0.5, 0.6) is 5.75 Å². The van der Waals surface area contributed by atoms with E-state index in [1.165, 1.54) is 24.5 Å². The van der Waals surface area contributed by atoms with E-state index in [4.69, 9.17) is 9.84 Å². The summed E-state index contributed by atoms with van der Waals surface area (Å²) in [5, 5.41) is 19.3. The maximum Gasteiger partial charge on any atom is 0.387 e. The van der Waals surface area contributed by atoms with Crippen molar-refractivity contribution in [2.75, 3.05) is 6.61 Å². The summed E-state index contributed by atoms with van der Waals surface area (Å²) in [5.41, 5.74) is 2.67. The van der Waals surface area contributed by atoms with E-state index in [9.17, 15) is 18.7 Å². The van der Waals surface area contributed by atoms with Gasteiger partial charge in [-0.05, 0) is 24.2 Å². The van der Waals surface area contributed by atoms with E-state index in [1.807, 2.05) is 6.20 Å². The van der Waals surface area contributed by atoms with E-state index in [2.05, 4.69) is 39.4 Å². The predicted molar refractivity (Wildman–Crippen MR) is 146 cm³/mol. The Morgan fingerprint density at radius 3 is 2.65 bits per heavy atom. The fourth-order valence-electron chi connectivity index (χ4n) is 4.33. The largest absolute Gasteiger partial charge is 0.478 e. The van der Waals surface area contributed by atoms with Crippen molar-refractivity contribution in [3.8, 4) is 17.1 Å². The van der Waals surface area contributed by atoms with Gasteiger partial charge in [-0.3, -0.25) is 9.36 Å². The molecular formula is C26H29F2N7O4Si. The molecule has 40 heavy (non-hydrogen) atoms. The minimum absolute atomic E-state index is 0.0287. The van der Waals surface area contributed by atoms with Crippen LogP contribution in [0, 0.1) is 0 Å². The number of halogens is 2. The van der Waals surface area contributed by atoms with Crippen LogP contribution >= 0.6 is 0 Å². The number of nitrogens with zero attached hydrogens (tertiary/aromatic N) is 7. The van der Waals surface area contributed by atoms with Crippen LogP contribution < -0.4 is 4.74 Å². The number of rotatable bonds is 11. The van der Waals surface area contributed by atoms with E-state index < -0.39 is 20.7 Å². The first-order chi connectivity index (χ1) is 19.0. The average Bonchev–Trinajstić information content (AvgIpc) is 3.56. The van der Waals surface area contributed by atoms with Crippen LogP contribution in [0.1, 0.15) is 15.9 Å². The number of benzene rings is 1. The smallest absolute Gasteiger partial charge is 0.387 e. The molecule has 1 N–H and O–H groups in total. The molecule has 4 aromatic heterocycles. The highest BCUT2D eigenvalue weighted by Crippen LogP contribution is 2.32. The summed E-state index contributed by atoms with van der Waals surface area (Å²) in [7, 11) is 0.519. The lowest BCUT2D eigenvalue weighted by atomic mass is 10.1. The topological polar surface area (TPSA) is 122 Å². The van der Waals surface area contributed by atoms with Crippen LogP contribution in [0.2, 0.25) is 25.7 Å². The molecule has 0 spiro atoms. The number of fused-ring (bicyclic) bond motifs is 2. The molecule has 210 valence electrons. The molecule has 0 atom stereocenters. The maximum absolute atomic E-state index is 13.0. The van der Waals surface area contributed by atoms with Crippen molar-refractivity contribution in [1.29, 1.82) is 0 Å². The zero-order valence-electron chi connectivity index (χ0n) is 22.5. The number of carboxylic acid groups (broad SMARTS) is 1. The quantitative estimate of drug-likeness (QED) is 0.177. The van der Waals surface area contributed by atoms with Crippen molar-refractivity contribution in [1.82, 2.24) is 34.1 Å². The van der Waals surface area contributed by atoms with Crippen LogP contribution in [0.25, 0.3) is 33.5 Å². The van der Waals surface area contributed by atoms with Gasteiger partial charge >= 0.3 is 12.6 Å². The molecule has 0 aliphatic rings. The van der Waals surface area contributed by atoms with Gasteiger partial charge in [-0.25, -0.2) is 14.8 Å². The molecule has 0 aliphatic carbocycles. The van der Waals surface area contributed by atoms with Crippen LogP contribution in [0.3, 0.4) is 0 Å². The van der Waals surface area contributed by atoms with Crippen LogP contribution in [-0.4, -0.2) is 66.5 Å². The van der Waals surface area contributed by atoms with Crippen LogP contribution in [0.15, 0.2) is 43.0 Å². The fraction of sp³-hybridized carbons (Fsp3) is 0.346. The Morgan fingerprint density at radius 1 is 1.18 bits per heavy atom. The first kappa shape index (κ1) is 27.4. The Bertz CT molecular complexity index is 1690. The molecule has 0 fully saturated rings. The zero-order chi connectivity index (χ0) is 28.6. The molecule has 0 aliphatic heterocycles. The standard InChI is InChI=1S/C26H29F2N7O4Si/c1-33-12-16(10-30-33)13-35-21-6-5-17(39-26(27)28)9-18(21)22(32-35)20-11-29-24-23(31-20)19(25(36)37)14-34(24)15-38-7-8-40(2,3)4/h5-6,9-12,14,26H,7-8,13,15H2,1-4H3,(H,36,37). The molecule has 0 radical (unpaired) electrons. The summed E-state index contributed by atoms with van der Waals surface area (Å²) in [6.45, 7) is 4.82. The minimum atomic E-state index is -2.99. The number of aryl methyl sites for hydroxylation is 1. The third-order valence-electron chi connectivity index (χ3n) is 6.30. The van der Waals surface area contributed by atoms with Gasteiger partial charge < -0.3 is 19.1 Å². The molecule has 0 amide bonds. The number of hydrogen-bond donors (Lipinski definition) is 1. The van der Waals surface area contributed by atoms with Crippen molar-refractivity contribution in [2.24, 2.45) is 7.05 Å². The van der Waals surface area contributed by atoms with E-state index >= 15 is 0 Å². The number of alkyl halides is 2. The number of hydrogen-bond acceptors (Lipinski definition) is 7. The van der Waals surface area contributed by atoms with Gasteiger partial charge in [-0.15, -0.1) is 0 Å². The molecule has 14 heteroatoms. The molecule has 5 rings (SSSR count). The van der Waals surface area contributed by atoms with Gasteiger partial charge in [0.15, 0.2) is 5.65 Å². The highest BCUT2D eigenvalue weighted by Gasteiger charge is 2.22. The first-order valence-corrected chi connectivity index (χ1v) is 16.3. The lowest BCUT2D eigenvalue weighted by molar-refractivity contribution is -0.0497. The summed E-state index contributed by atoms with van der Waals surface area (Å²) in [5.74, 6) is -1.19. The summed E-state index contributed by atoms with van der Waals surface area (Å²) in [6, 6.07) is 5.52. The number of aromatic nitrogens is 7. The highest BCUT2D eigenvalue weighted by atomic mass is 28.3. The van der Waals surface area contributed by atoms with E-state index in [0.29, 0.717) is 35.4 Å². The van der Waals surface area contributed by atoms with E-state index in [-0.39, 0.29) is 29.3 Å². The van der Waals surface area contributed by atoms with Gasteiger partial charge in [0.1, 0.15) is 34.9 Å². The Kier molecular flexibility index (Phi) is 7.38. The molecule has 11 nitrogen and oxygen atoms in total. The lowest BCUT2D eigenvalue weighted by Crippen LogP contribution is -2.22. The second kappa shape index (κ2) is 10.8. The van der Waals surface area contributed by atoms with Crippen molar-refractivity contribution < 1.29 is 28.2 Å². The predicted octanol–water partition coefficient (Wildman–Crippen LogP) is 4.84. The molecule has 0 saturated heterocycles. The molecule has 5 aromatic rings. The average molecular weight is 570 g/mol. The molecule has 1 aromatic carbocycles. The monoisotopic (exact) mass is 569 g/mol. The van der Waals surface area contributed by atoms with Gasteiger partial charge in [0.05, 0.1) is 24.5 Å². The maximum atomic E-state index is 13.0. The van der Waals surface area contributed by atoms with Crippen molar-refractivity contribution >= 4 is 36.1 Å². The van der Waals surface area contributed by atoms with Crippen molar-refractivity contribution in [3.05, 3.63) is 54.1 Å².